The third-order valence-electron chi connectivity index (χ3n) is 3.18. The van der Waals surface area contributed by atoms with Crippen molar-refractivity contribution in [2.45, 2.75) is 24.6 Å². The van der Waals surface area contributed by atoms with Crippen molar-refractivity contribution in [3.05, 3.63) is 34.9 Å². The topological polar surface area (TPSA) is 38.3 Å². The number of nitrogens with one attached hydrogen (secondary N) is 1. The predicted molar refractivity (Wildman–Crippen MR) is 72.5 cm³/mol. The molecule has 0 bridgehead atoms. The van der Waals surface area contributed by atoms with E-state index in [-0.39, 0.29) is 17.9 Å². The average molecular weight is 304 g/mol. The van der Waals surface area contributed by atoms with Crippen molar-refractivity contribution in [1.29, 1.82) is 0 Å². The van der Waals surface area contributed by atoms with Gasteiger partial charge in [0.15, 0.2) is 0 Å². The van der Waals surface area contributed by atoms with Crippen LogP contribution in [0.25, 0.3) is 0 Å². The minimum atomic E-state index is -2.46. The van der Waals surface area contributed by atoms with Gasteiger partial charge in [-0.05, 0) is 30.0 Å². The summed E-state index contributed by atoms with van der Waals surface area (Å²) in [5, 5.41) is 2.43. The van der Waals surface area contributed by atoms with E-state index in [9.17, 15) is 13.6 Å². The fraction of sp³-hybridized carbons (Fsp3) is 0.500. The van der Waals surface area contributed by atoms with Crippen LogP contribution < -0.4 is 5.32 Å². The lowest BCUT2D eigenvalue weighted by Gasteiger charge is -2.18. The Bertz CT molecular complexity index is 482. The Hall–Kier alpha value is -1.20. The lowest BCUT2D eigenvalue weighted by molar-refractivity contribution is 0.0165. The van der Waals surface area contributed by atoms with Gasteiger partial charge in [0, 0.05) is 18.7 Å². The van der Waals surface area contributed by atoms with E-state index >= 15 is 0 Å². The van der Waals surface area contributed by atoms with Gasteiger partial charge in [0.05, 0.1) is 5.38 Å². The van der Waals surface area contributed by atoms with E-state index in [0.717, 1.165) is 17.5 Å². The van der Waals surface area contributed by atoms with Gasteiger partial charge < -0.3 is 10.1 Å². The summed E-state index contributed by atoms with van der Waals surface area (Å²) in [5.41, 5.74) is 2.46. The molecule has 0 fully saturated rings. The number of carbonyl (C=O) groups is 1. The van der Waals surface area contributed by atoms with E-state index < -0.39 is 13.0 Å². The summed E-state index contributed by atoms with van der Waals surface area (Å²) in [6.07, 6.45) is -1.23. The highest BCUT2D eigenvalue weighted by Gasteiger charge is 2.18. The molecule has 1 aromatic rings. The Kier molecular flexibility index (Phi) is 5.31. The Morgan fingerprint density at radius 3 is 2.95 bits per heavy atom. The molecule has 1 aliphatic rings. The predicted octanol–water partition coefficient (Wildman–Crippen LogP) is 2.92. The van der Waals surface area contributed by atoms with Crippen molar-refractivity contribution in [2.24, 2.45) is 0 Å². The Morgan fingerprint density at radius 1 is 1.40 bits per heavy atom. The number of rotatable bonds is 6. The fourth-order valence-electron chi connectivity index (χ4n) is 2.15. The van der Waals surface area contributed by atoms with E-state index in [1.54, 1.807) is 6.07 Å². The third-order valence-corrected chi connectivity index (χ3v) is 3.65. The maximum absolute atomic E-state index is 11.9. The lowest BCUT2D eigenvalue weighted by atomic mass is 9.96. The number of hydrogen-bond acceptors (Lipinski definition) is 2. The highest BCUT2D eigenvalue weighted by atomic mass is 35.5. The van der Waals surface area contributed by atoms with Crippen LogP contribution in [0.3, 0.4) is 0 Å². The molecule has 1 aliphatic heterocycles. The van der Waals surface area contributed by atoms with Crippen LogP contribution in [0.1, 0.15) is 33.3 Å². The smallest absolute Gasteiger partial charge is 0.261 e. The first-order valence-corrected chi connectivity index (χ1v) is 6.92. The summed E-state index contributed by atoms with van der Waals surface area (Å²) in [4.78, 5) is 11.7. The van der Waals surface area contributed by atoms with Crippen molar-refractivity contribution in [1.82, 2.24) is 5.32 Å². The van der Waals surface area contributed by atoms with Crippen LogP contribution in [0.2, 0.25) is 0 Å². The van der Waals surface area contributed by atoms with Crippen LogP contribution >= 0.6 is 11.6 Å². The van der Waals surface area contributed by atoms with Gasteiger partial charge in [0.1, 0.15) is 6.61 Å². The van der Waals surface area contributed by atoms with Crippen LogP contribution in [0.15, 0.2) is 18.2 Å². The highest BCUT2D eigenvalue weighted by Crippen LogP contribution is 2.27. The second kappa shape index (κ2) is 6.99. The molecule has 2 rings (SSSR count). The van der Waals surface area contributed by atoms with Gasteiger partial charge >= 0.3 is 0 Å². The minimum Gasteiger partial charge on any atom is -0.375 e. The molecular formula is C14H16ClF2NO2. The number of hydrogen-bond donors (Lipinski definition) is 1. The largest absolute Gasteiger partial charge is 0.375 e. The van der Waals surface area contributed by atoms with Gasteiger partial charge in [-0.15, -0.1) is 11.6 Å². The van der Waals surface area contributed by atoms with Crippen molar-refractivity contribution in [3.63, 3.8) is 0 Å². The molecule has 0 spiro atoms. The summed E-state index contributed by atoms with van der Waals surface area (Å²) in [6.45, 7) is 0.245. The van der Waals surface area contributed by atoms with E-state index in [1.807, 2.05) is 12.1 Å². The average Bonchev–Trinajstić information content (AvgIpc) is 2.43. The molecule has 0 saturated heterocycles. The lowest BCUT2D eigenvalue weighted by Crippen LogP contribution is -2.31. The summed E-state index contributed by atoms with van der Waals surface area (Å²) in [5.74, 6) is -0.0917. The second-order valence-electron chi connectivity index (χ2n) is 4.64. The Morgan fingerprint density at radius 2 is 2.20 bits per heavy atom. The first-order valence-electron chi connectivity index (χ1n) is 6.49. The molecule has 1 heterocycles. The molecule has 0 radical (unpaired) electrons. The Balaban J connectivity index is 1.95. The van der Waals surface area contributed by atoms with Crippen LogP contribution in [0.4, 0.5) is 8.78 Å². The molecule has 1 amide bonds. The van der Waals surface area contributed by atoms with Gasteiger partial charge in [-0.1, -0.05) is 12.1 Å². The summed E-state index contributed by atoms with van der Waals surface area (Å²) >= 11 is 6.21. The molecular weight excluding hydrogens is 288 g/mol. The van der Waals surface area contributed by atoms with Crippen LogP contribution in [0, 0.1) is 0 Å². The van der Waals surface area contributed by atoms with E-state index in [4.69, 9.17) is 16.3 Å². The fourth-order valence-corrected chi connectivity index (χ4v) is 2.37. The number of benzene rings is 1. The maximum Gasteiger partial charge on any atom is 0.261 e. The van der Waals surface area contributed by atoms with Gasteiger partial charge in [0.2, 0.25) is 0 Å². The highest BCUT2D eigenvalue weighted by molar-refractivity contribution is 6.20. The zero-order chi connectivity index (χ0) is 14.5. The van der Waals surface area contributed by atoms with Crippen molar-refractivity contribution >= 4 is 17.5 Å². The van der Waals surface area contributed by atoms with Gasteiger partial charge in [-0.2, -0.15) is 0 Å². The maximum atomic E-state index is 11.9. The van der Waals surface area contributed by atoms with Crippen LogP contribution in [0.5, 0.6) is 0 Å². The molecule has 1 unspecified atom stereocenters. The number of ether oxygens (including phenoxy) is 1. The molecule has 1 N–H and O–H groups in total. The molecule has 1 atom stereocenters. The summed E-state index contributed by atoms with van der Waals surface area (Å²) < 4.78 is 28.6. The molecule has 1 aromatic carbocycles. The molecule has 3 nitrogen and oxygen atoms in total. The minimum absolute atomic E-state index is 0.0917. The monoisotopic (exact) mass is 303 g/mol. The number of halogens is 3. The summed E-state index contributed by atoms with van der Waals surface area (Å²) in [7, 11) is 0. The van der Waals surface area contributed by atoms with E-state index in [2.05, 4.69) is 5.32 Å². The zero-order valence-electron chi connectivity index (χ0n) is 10.9. The SMILES string of the molecule is O=C1NCCc2ccc(C(Cl)CCOCC(F)F)cc21. The van der Waals surface area contributed by atoms with E-state index in [1.165, 1.54) is 0 Å². The van der Waals surface area contributed by atoms with Gasteiger partial charge in [-0.3, -0.25) is 4.79 Å². The zero-order valence-corrected chi connectivity index (χ0v) is 11.6. The third kappa shape index (κ3) is 3.90. The van der Waals surface area contributed by atoms with Gasteiger partial charge in [-0.25, -0.2) is 8.78 Å². The number of amides is 1. The second-order valence-corrected chi connectivity index (χ2v) is 5.17. The molecule has 110 valence electrons. The number of carbonyl (C=O) groups excluding carboxylic acids is 1. The Labute approximate surface area is 121 Å². The molecule has 0 saturated carbocycles. The first kappa shape index (κ1) is 15.2. The normalized spacial score (nSPS) is 15.9. The van der Waals surface area contributed by atoms with Gasteiger partial charge in [0.25, 0.3) is 12.3 Å². The number of alkyl halides is 3. The molecule has 0 aromatic heterocycles. The number of fused-ring (bicyclic) bond motifs is 1. The van der Waals surface area contributed by atoms with Crippen molar-refractivity contribution in [3.8, 4) is 0 Å². The summed E-state index contributed by atoms with van der Waals surface area (Å²) in [6, 6.07) is 5.55. The quantitative estimate of drug-likeness (QED) is 0.648. The molecule has 20 heavy (non-hydrogen) atoms. The first-order chi connectivity index (χ1) is 9.58. The van der Waals surface area contributed by atoms with Crippen molar-refractivity contribution in [2.75, 3.05) is 19.8 Å². The molecule has 6 heteroatoms. The van der Waals surface area contributed by atoms with Crippen LogP contribution in [-0.2, 0) is 11.2 Å². The standard InChI is InChI=1S/C14H16ClF2NO2/c15-12(4-6-20-8-13(16)17)10-2-1-9-3-5-18-14(19)11(9)7-10/h1-2,7,12-13H,3-6,8H2,(H,18,19). The molecule has 0 aliphatic carbocycles. The van der Waals surface area contributed by atoms with Crippen LogP contribution in [-0.4, -0.2) is 32.1 Å². The van der Waals surface area contributed by atoms with E-state index in [0.29, 0.717) is 18.5 Å². The van der Waals surface area contributed by atoms with Crippen molar-refractivity contribution < 1.29 is 18.3 Å².